The maximum absolute atomic E-state index is 11.0. The molecule has 0 aromatic carbocycles. The first-order valence-corrected chi connectivity index (χ1v) is 5.05. The molecule has 2 aliphatic rings. The smallest absolute Gasteiger partial charge is 0.220 e. The Labute approximate surface area is 79.5 Å². The van der Waals surface area contributed by atoms with Crippen LogP contribution in [0.25, 0.3) is 0 Å². The Morgan fingerprint density at radius 1 is 1.46 bits per heavy atom. The van der Waals surface area contributed by atoms with Crippen LogP contribution in [0.15, 0.2) is 0 Å². The number of carbonyl (C=O) groups excluding carboxylic acids is 1. The van der Waals surface area contributed by atoms with Crippen molar-refractivity contribution in [3.8, 4) is 0 Å². The number of aliphatic hydroxyl groups excluding tert-OH is 1. The van der Waals surface area contributed by atoms with Gasteiger partial charge in [-0.25, -0.2) is 0 Å². The Morgan fingerprint density at radius 3 is 2.54 bits per heavy atom. The van der Waals surface area contributed by atoms with Crippen LogP contribution in [0.1, 0.15) is 32.6 Å². The van der Waals surface area contributed by atoms with Crippen molar-refractivity contribution in [2.24, 2.45) is 11.8 Å². The van der Waals surface area contributed by atoms with Crippen molar-refractivity contribution in [2.45, 2.75) is 38.6 Å². The van der Waals surface area contributed by atoms with E-state index in [4.69, 9.17) is 5.11 Å². The van der Waals surface area contributed by atoms with Gasteiger partial charge in [0.25, 0.3) is 0 Å². The molecule has 0 aromatic heterocycles. The first-order chi connectivity index (χ1) is 6.31. The summed E-state index contributed by atoms with van der Waals surface area (Å²) >= 11 is 0. The van der Waals surface area contributed by atoms with Crippen molar-refractivity contribution in [2.75, 3.05) is 7.11 Å². The van der Waals surface area contributed by atoms with Crippen molar-refractivity contribution in [3.63, 3.8) is 0 Å². The van der Waals surface area contributed by atoms with Gasteiger partial charge in [-0.2, -0.15) is 0 Å². The molecule has 1 aliphatic carbocycles. The lowest BCUT2D eigenvalue weighted by atomic mass is 9.94. The van der Waals surface area contributed by atoms with Gasteiger partial charge in [0.05, 0.1) is 0 Å². The summed E-state index contributed by atoms with van der Waals surface area (Å²) in [5, 5.41) is 10.0. The standard InChI is InChI=1S/C9H15NO.CH4O/c1-2-8-7(6-3-4-6)5-9(11)10-8;1-2/h6-8H,2-5H2,1H3,(H,10,11);2H,1H3/t7-,8-;/m0./s1. The highest BCUT2D eigenvalue weighted by Gasteiger charge is 2.41. The second-order valence-electron chi connectivity index (χ2n) is 3.79. The molecule has 1 heterocycles. The third-order valence-electron chi connectivity index (χ3n) is 2.95. The molecular formula is C10H19NO2. The number of aliphatic hydroxyl groups is 1. The highest BCUT2D eigenvalue weighted by Crippen LogP contribution is 2.42. The summed E-state index contributed by atoms with van der Waals surface area (Å²) in [4.78, 5) is 11.0. The van der Waals surface area contributed by atoms with Crippen molar-refractivity contribution >= 4 is 5.91 Å². The van der Waals surface area contributed by atoms with Crippen molar-refractivity contribution in [1.29, 1.82) is 0 Å². The lowest BCUT2D eigenvalue weighted by Crippen LogP contribution is -2.28. The number of carbonyl (C=O) groups is 1. The fraction of sp³-hybridized carbons (Fsp3) is 0.900. The van der Waals surface area contributed by atoms with E-state index in [0.29, 0.717) is 12.0 Å². The van der Waals surface area contributed by atoms with E-state index in [1.165, 1.54) is 12.8 Å². The minimum Gasteiger partial charge on any atom is -0.400 e. The molecule has 1 saturated heterocycles. The molecule has 76 valence electrons. The molecule has 0 spiro atoms. The summed E-state index contributed by atoms with van der Waals surface area (Å²) in [5.74, 6) is 1.82. The van der Waals surface area contributed by atoms with Gasteiger partial charge in [-0.15, -0.1) is 0 Å². The first-order valence-electron chi connectivity index (χ1n) is 5.05. The minimum atomic E-state index is 0.272. The zero-order valence-corrected chi connectivity index (χ0v) is 8.42. The molecule has 0 radical (unpaired) electrons. The Kier molecular flexibility index (Phi) is 3.72. The number of rotatable bonds is 2. The molecule has 0 aromatic rings. The third-order valence-corrected chi connectivity index (χ3v) is 2.95. The molecule has 0 unspecified atom stereocenters. The van der Waals surface area contributed by atoms with Crippen LogP contribution in [0.5, 0.6) is 0 Å². The van der Waals surface area contributed by atoms with Crippen LogP contribution >= 0.6 is 0 Å². The fourth-order valence-corrected chi connectivity index (χ4v) is 2.15. The molecule has 1 aliphatic heterocycles. The molecule has 1 saturated carbocycles. The second kappa shape index (κ2) is 4.61. The summed E-state index contributed by atoms with van der Waals surface area (Å²) < 4.78 is 0. The Morgan fingerprint density at radius 2 is 2.08 bits per heavy atom. The summed E-state index contributed by atoms with van der Waals surface area (Å²) in [6, 6.07) is 0.495. The van der Waals surface area contributed by atoms with E-state index in [1.807, 2.05) is 0 Å². The maximum Gasteiger partial charge on any atom is 0.220 e. The maximum atomic E-state index is 11.0. The van der Waals surface area contributed by atoms with Gasteiger partial charge in [0.2, 0.25) is 5.91 Å². The van der Waals surface area contributed by atoms with Gasteiger partial charge in [0.1, 0.15) is 0 Å². The predicted octanol–water partition coefficient (Wildman–Crippen LogP) is 0.920. The molecule has 2 N–H and O–H groups in total. The lowest BCUT2D eigenvalue weighted by Gasteiger charge is -2.15. The van der Waals surface area contributed by atoms with Gasteiger partial charge in [-0.05, 0) is 31.1 Å². The van der Waals surface area contributed by atoms with E-state index in [9.17, 15) is 4.79 Å². The molecule has 13 heavy (non-hydrogen) atoms. The van der Waals surface area contributed by atoms with Gasteiger partial charge in [0.15, 0.2) is 0 Å². The summed E-state index contributed by atoms with van der Waals surface area (Å²) in [5.41, 5.74) is 0. The van der Waals surface area contributed by atoms with Gasteiger partial charge < -0.3 is 10.4 Å². The fourth-order valence-electron chi connectivity index (χ4n) is 2.15. The zero-order chi connectivity index (χ0) is 9.84. The van der Waals surface area contributed by atoms with Gasteiger partial charge in [-0.3, -0.25) is 4.79 Å². The highest BCUT2D eigenvalue weighted by molar-refractivity contribution is 5.79. The van der Waals surface area contributed by atoms with Gasteiger partial charge >= 0.3 is 0 Å². The van der Waals surface area contributed by atoms with Crippen LogP contribution in [0.4, 0.5) is 0 Å². The number of hydrogen-bond acceptors (Lipinski definition) is 2. The van der Waals surface area contributed by atoms with Crippen LogP contribution in [0.3, 0.4) is 0 Å². The second-order valence-corrected chi connectivity index (χ2v) is 3.79. The average Bonchev–Trinajstić information content (AvgIpc) is 2.93. The quantitative estimate of drug-likeness (QED) is 0.672. The predicted molar refractivity (Wildman–Crippen MR) is 51.2 cm³/mol. The first kappa shape index (κ1) is 10.5. The monoisotopic (exact) mass is 185 g/mol. The molecule has 2 fully saturated rings. The Balaban J connectivity index is 0.000000396. The molecule has 0 bridgehead atoms. The van der Waals surface area contributed by atoms with E-state index in [-0.39, 0.29) is 5.91 Å². The largest absolute Gasteiger partial charge is 0.400 e. The summed E-state index contributed by atoms with van der Waals surface area (Å²) in [7, 11) is 1.00. The SMILES string of the molecule is CC[C@@H]1NC(=O)C[C@H]1C1CC1.CO. The Hall–Kier alpha value is -0.570. The van der Waals surface area contributed by atoms with E-state index < -0.39 is 0 Å². The van der Waals surface area contributed by atoms with Gasteiger partial charge in [-0.1, -0.05) is 6.92 Å². The molecule has 3 nitrogen and oxygen atoms in total. The van der Waals surface area contributed by atoms with E-state index in [1.54, 1.807) is 0 Å². The van der Waals surface area contributed by atoms with Gasteiger partial charge in [0, 0.05) is 19.6 Å². The van der Waals surface area contributed by atoms with Crippen LogP contribution < -0.4 is 5.32 Å². The van der Waals surface area contributed by atoms with Crippen LogP contribution in [0, 0.1) is 11.8 Å². The molecule has 1 amide bonds. The van der Waals surface area contributed by atoms with E-state index >= 15 is 0 Å². The summed E-state index contributed by atoms with van der Waals surface area (Å²) in [6.45, 7) is 2.16. The Bertz CT molecular complexity index is 178. The van der Waals surface area contributed by atoms with Crippen LogP contribution in [-0.4, -0.2) is 24.2 Å². The zero-order valence-electron chi connectivity index (χ0n) is 8.42. The molecular weight excluding hydrogens is 166 g/mol. The minimum absolute atomic E-state index is 0.272. The molecule has 3 heteroatoms. The number of nitrogens with one attached hydrogen (secondary N) is 1. The topological polar surface area (TPSA) is 49.3 Å². The molecule has 2 atom stereocenters. The third kappa shape index (κ3) is 2.44. The lowest BCUT2D eigenvalue weighted by molar-refractivity contribution is -0.119. The van der Waals surface area contributed by atoms with Crippen LogP contribution in [-0.2, 0) is 4.79 Å². The highest BCUT2D eigenvalue weighted by atomic mass is 16.2. The van der Waals surface area contributed by atoms with Crippen LogP contribution in [0.2, 0.25) is 0 Å². The normalized spacial score (nSPS) is 32.1. The average molecular weight is 185 g/mol. The van der Waals surface area contributed by atoms with E-state index in [2.05, 4.69) is 12.2 Å². The van der Waals surface area contributed by atoms with Crippen molar-refractivity contribution < 1.29 is 9.90 Å². The summed E-state index contributed by atoms with van der Waals surface area (Å²) in [6.07, 6.45) is 4.61. The molecule has 2 rings (SSSR count). The number of hydrogen-bond donors (Lipinski definition) is 2. The van der Waals surface area contributed by atoms with Crippen molar-refractivity contribution in [1.82, 2.24) is 5.32 Å². The number of amides is 1. The van der Waals surface area contributed by atoms with E-state index in [0.717, 1.165) is 25.9 Å². The van der Waals surface area contributed by atoms with Crippen molar-refractivity contribution in [3.05, 3.63) is 0 Å².